The number of hydrogen-bond acceptors (Lipinski definition) is 37. The molecule has 12 heterocycles. The van der Waals surface area contributed by atoms with Crippen LogP contribution in [0, 0.1) is 0 Å². The zero-order valence-corrected chi connectivity index (χ0v) is 88.5. The van der Waals surface area contributed by atoms with Crippen LogP contribution in [0.4, 0.5) is 53.5 Å². The van der Waals surface area contributed by atoms with Crippen LogP contribution in [0.2, 0.25) is 0 Å². The Hall–Kier alpha value is -5.53. The Morgan fingerprint density at radius 3 is 0.474 bits per heavy atom. The Kier molecular flexibility index (Phi) is 29.0. The Bertz CT molecular complexity index is 3810. The van der Waals surface area contributed by atoms with Crippen molar-refractivity contribution < 1.29 is 46.9 Å². The molecule has 0 aliphatic carbocycles. The zero-order chi connectivity index (χ0) is 99.5. The predicted octanol–water partition coefficient (Wildman–Crippen LogP) is 15.5. The number of hydroxylamine groups is 18. The van der Waals surface area contributed by atoms with Crippen LogP contribution in [-0.2, 0) is 0 Å². The van der Waals surface area contributed by atoms with Crippen LogP contribution in [0.3, 0.4) is 0 Å². The summed E-state index contributed by atoms with van der Waals surface area (Å²) in [6.07, 6.45) is 10.4. The topological polar surface area (TPSA) is 412 Å². The van der Waals surface area contributed by atoms with E-state index in [1.54, 1.807) is 0 Å². The smallest absolute Gasteiger partial charge is 0.232 e. The maximum atomic E-state index is 12.0. The van der Waals surface area contributed by atoms with Gasteiger partial charge in [0.2, 0.25) is 53.5 Å². The van der Waals surface area contributed by atoms with Crippen LogP contribution in [-0.4, -0.2) is 336 Å². The van der Waals surface area contributed by atoms with Gasteiger partial charge >= 0.3 is 0 Å². The predicted molar refractivity (Wildman–Crippen MR) is 523 cm³/mol. The van der Waals surface area contributed by atoms with E-state index in [2.05, 4.69) is 301 Å². The number of piperidine rings is 9. The van der Waals surface area contributed by atoms with Gasteiger partial charge in [-0.2, -0.15) is 90.4 Å². The average Bonchev–Trinajstić information content (AvgIpc) is 0.740. The van der Waals surface area contributed by atoms with Crippen molar-refractivity contribution in [2.45, 2.75) is 519 Å². The molecule has 758 valence electrons. The lowest BCUT2D eigenvalue weighted by Crippen LogP contribution is -2.68. The molecule has 9 aliphatic rings. The molecule has 0 aromatic carbocycles. The molecule has 15 N–H and O–H groups in total. The summed E-state index contributed by atoms with van der Waals surface area (Å²) in [4.78, 5) is 58.5. The highest BCUT2D eigenvalue weighted by molar-refractivity contribution is 5.51. The molecular weight excluding hydrogens is 1690 g/mol. The standard InChI is InChI=1S/C96H180N28O9/c1-79(2)43-61(44-80(3,4)116(79)125)100-73-103-70(106-76(109-73)113(64-49-85(13,14)119(128)86(15,16)50-64)65-51-87(17,18)120(129)88(19,20)52-65)97-37-40-112(41-38-98-71-104-74(101-62-45-81(5,6)117(126)82(7,8)46-62)110-77(107-71)114(66-53-89(21,22)121(130)90(23,24)54-66)67-55-91(25,26)122(131)92(27,28)56-67)42-39-99-72-105-75(102-63-47-83(9,10)118(127)84(11,12)48-63)111-78(108-72)115(68-57-93(29,30)123(132)94(31,32)58-68)69-59-95(33,34)124(133)96(35,36)60-69/h61-69,125-133H,37-60H2,1-36H3,(H2,97,100,103,106,109)(H2,98,101,104,107,110)(H2,99,102,105,108,111). The minimum absolute atomic E-state index is 0.162. The minimum atomic E-state index is -0.660. The van der Waals surface area contributed by atoms with Crippen LogP contribution in [0.15, 0.2) is 0 Å². The Morgan fingerprint density at radius 1 is 0.203 bits per heavy atom. The second kappa shape index (κ2) is 36.2. The minimum Gasteiger partial charge on any atom is -0.353 e. The quantitative estimate of drug-likeness (QED) is 0.0337. The number of rotatable bonds is 27. The second-order valence-electron chi connectivity index (χ2n) is 53.2. The van der Waals surface area contributed by atoms with Crippen LogP contribution >= 0.6 is 0 Å². The number of aromatic nitrogens is 9. The van der Waals surface area contributed by atoms with Crippen molar-refractivity contribution in [2.24, 2.45) is 0 Å². The number of hydrogen-bond donors (Lipinski definition) is 15. The van der Waals surface area contributed by atoms with Crippen molar-refractivity contribution in [2.75, 3.05) is 85.9 Å². The van der Waals surface area contributed by atoms with Gasteiger partial charge in [-0.1, -0.05) is 0 Å². The molecule has 3 aromatic rings. The van der Waals surface area contributed by atoms with Gasteiger partial charge in [-0.05, 0) is 365 Å². The highest BCUT2D eigenvalue weighted by Gasteiger charge is 2.59. The molecule has 0 spiro atoms. The van der Waals surface area contributed by atoms with Crippen molar-refractivity contribution in [1.29, 1.82) is 0 Å². The second-order valence-corrected chi connectivity index (χ2v) is 53.2. The van der Waals surface area contributed by atoms with Crippen LogP contribution < -0.4 is 46.6 Å². The molecule has 9 fully saturated rings. The van der Waals surface area contributed by atoms with Crippen molar-refractivity contribution in [1.82, 2.24) is 95.3 Å². The Labute approximate surface area is 796 Å². The highest BCUT2D eigenvalue weighted by atomic mass is 16.5. The fourth-order valence-corrected chi connectivity index (χ4v) is 27.2. The normalized spacial score (nSPS) is 27.8. The first kappa shape index (κ1) is 106. The van der Waals surface area contributed by atoms with E-state index in [1.165, 1.54) is 45.6 Å². The van der Waals surface area contributed by atoms with Gasteiger partial charge in [0, 0.05) is 193 Å². The van der Waals surface area contributed by atoms with Gasteiger partial charge in [0.15, 0.2) is 0 Å². The average molecular weight is 1870 g/mol. The molecule has 12 rings (SSSR count). The summed E-state index contributed by atoms with van der Waals surface area (Å²) in [5.41, 5.74) is -11.6. The van der Waals surface area contributed by atoms with E-state index < -0.39 is 99.7 Å². The third kappa shape index (κ3) is 22.6. The Balaban J connectivity index is 0.968. The summed E-state index contributed by atoms with van der Waals surface area (Å²) in [5.74, 6) is 3.58. The van der Waals surface area contributed by atoms with Crippen LogP contribution in [0.5, 0.6) is 0 Å². The first-order valence-corrected chi connectivity index (χ1v) is 49.7. The molecule has 0 atom stereocenters. The van der Waals surface area contributed by atoms with Gasteiger partial charge in [-0.3, -0.25) is 4.90 Å². The maximum Gasteiger partial charge on any atom is 0.232 e. The van der Waals surface area contributed by atoms with E-state index in [9.17, 15) is 46.9 Å². The molecule has 37 nitrogen and oxygen atoms in total. The van der Waals surface area contributed by atoms with Gasteiger partial charge < -0.3 is 93.5 Å². The molecule has 9 saturated heterocycles. The summed E-state index contributed by atoms with van der Waals surface area (Å²) in [6.45, 7) is 77.0. The maximum absolute atomic E-state index is 12.0. The van der Waals surface area contributed by atoms with Gasteiger partial charge in [0.25, 0.3) is 0 Å². The Morgan fingerprint density at radius 2 is 0.331 bits per heavy atom. The molecule has 3 aromatic heterocycles. The fourth-order valence-electron chi connectivity index (χ4n) is 27.2. The van der Waals surface area contributed by atoms with Gasteiger partial charge in [0.05, 0.1) is 0 Å². The lowest BCUT2D eigenvalue weighted by atomic mass is 9.74. The largest absolute Gasteiger partial charge is 0.353 e. The first-order chi connectivity index (χ1) is 60.4. The van der Waals surface area contributed by atoms with E-state index in [1.807, 2.05) is 0 Å². The summed E-state index contributed by atoms with van der Waals surface area (Å²) in [5, 5.41) is 143. The summed E-state index contributed by atoms with van der Waals surface area (Å²) < 4.78 is 0. The summed E-state index contributed by atoms with van der Waals surface area (Å²) in [7, 11) is 0. The SMILES string of the molecule is CC1(C)CC(Nc2nc(NCCN(CCNc3nc(NC4CC(C)(C)N(O)C(C)(C)C4)nc(N(C4CC(C)(C)N(O)C(C)(C)C4)C4CC(C)(C)N(O)C(C)(C)C4)n3)CCNc3nc(NC4CC(C)(C)N(O)C(C)(C)C4)nc(N(C4CC(C)(C)N(O)C(C)(C)C4)C4CC(C)(C)N(O)C(C)(C)C4)n3)nc(N(C3CC(C)(C)N(O)C(C)(C)C3)C3CC(C)(C)N(O)C(C)(C)C3)n2)CC(C)(C)N1O. The third-order valence-corrected chi connectivity index (χ3v) is 31.7. The number of anilines is 9. The summed E-state index contributed by atoms with van der Waals surface area (Å²) >= 11 is 0. The monoisotopic (exact) mass is 1870 g/mol. The molecule has 133 heavy (non-hydrogen) atoms. The van der Waals surface area contributed by atoms with Crippen molar-refractivity contribution in [3.05, 3.63) is 0 Å². The highest BCUT2D eigenvalue weighted by Crippen LogP contribution is 2.52. The molecule has 0 bridgehead atoms. The first-order valence-electron chi connectivity index (χ1n) is 49.7. The lowest BCUT2D eigenvalue weighted by molar-refractivity contribution is -0.251. The number of nitrogens with zero attached hydrogens (tertiary/aromatic N) is 22. The zero-order valence-electron chi connectivity index (χ0n) is 88.5. The van der Waals surface area contributed by atoms with Crippen molar-refractivity contribution in [3.63, 3.8) is 0 Å². The van der Waals surface area contributed by atoms with E-state index >= 15 is 0 Å². The summed E-state index contributed by atoms with van der Waals surface area (Å²) in [6, 6.07) is -1.55. The van der Waals surface area contributed by atoms with E-state index in [0.29, 0.717) is 208 Å². The van der Waals surface area contributed by atoms with Gasteiger partial charge in [-0.25, -0.2) is 0 Å². The molecule has 0 radical (unpaired) electrons. The van der Waals surface area contributed by atoms with E-state index in [4.69, 9.17) is 44.9 Å². The molecule has 0 saturated carbocycles. The molecule has 0 unspecified atom stereocenters. The van der Waals surface area contributed by atoms with E-state index in [0.717, 1.165) is 0 Å². The lowest BCUT2D eigenvalue weighted by Gasteiger charge is -2.58. The molecule has 37 heteroatoms. The molecule has 9 aliphatic heterocycles. The molecule has 0 amide bonds. The van der Waals surface area contributed by atoms with E-state index in [-0.39, 0.29) is 54.4 Å². The van der Waals surface area contributed by atoms with Crippen molar-refractivity contribution >= 4 is 53.5 Å². The molecular formula is C96H180N28O9. The van der Waals surface area contributed by atoms with Gasteiger partial charge in [0.1, 0.15) is 0 Å². The third-order valence-electron chi connectivity index (χ3n) is 31.7. The van der Waals surface area contributed by atoms with Gasteiger partial charge in [-0.15, -0.1) is 0 Å². The van der Waals surface area contributed by atoms with Crippen LogP contribution in [0.1, 0.15) is 365 Å². The van der Waals surface area contributed by atoms with Crippen molar-refractivity contribution in [3.8, 4) is 0 Å². The van der Waals surface area contributed by atoms with Crippen LogP contribution in [0.25, 0.3) is 0 Å². The number of nitrogens with one attached hydrogen (secondary N) is 6. The fraction of sp³-hybridized carbons (Fsp3) is 0.906.